The standard InChI is InChI=1S/C12H16ClNO3S/c1-17-8-12(9-2-4-10(13)5-3-9)14-18(15,16)11-6-7-11/h2-5,11-12,14H,6-8H2,1H3. The van der Waals surface area contributed by atoms with Gasteiger partial charge in [-0.1, -0.05) is 23.7 Å². The van der Waals surface area contributed by atoms with Crippen molar-refractivity contribution in [2.24, 2.45) is 0 Å². The molecule has 0 saturated heterocycles. The third-order valence-electron chi connectivity index (χ3n) is 2.88. The summed E-state index contributed by atoms with van der Waals surface area (Å²) in [7, 11) is -1.68. The number of methoxy groups -OCH3 is 1. The fourth-order valence-electron chi connectivity index (χ4n) is 1.73. The zero-order valence-corrected chi connectivity index (χ0v) is 11.7. The van der Waals surface area contributed by atoms with E-state index in [0.29, 0.717) is 11.6 Å². The van der Waals surface area contributed by atoms with Gasteiger partial charge in [0.1, 0.15) is 0 Å². The molecule has 0 bridgehead atoms. The first kappa shape index (κ1) is 13.8. The van der Waals surface area contributed by atoms with Crippen LogP contribution < -0.4 is 4.72 Å². The molecule has 1 aromatic carbocycles. The summed E-state index contributed by atoms with van der Waals surface area (Å²) in [6.07, 6.45) is 1.49. The van der Waals surface area contributed by atoms with E-state index >= 15 is 0 Å². The summed E-state index contributed by atoms with van der Waals surface area (Å²) >= 11 is 5.82. The van der Waals surface area contributed by atoms with Crippen LogP contribution in [0, 0.1) is 0 Å². The Kier molecular flexibility index (Phi) is 4.27. The molecule has 0 aromatic heterocycles. The highest BCUT2D eigenvalue weighted by molar-refractivity contribution is 7.90. The predicted molar refractivity (Wildman–Crippen MR) is 71.1 cm³/mol. The Morgan fingerprint density at radius 2 is 2.00 bits per heavy atom. The van der Waals surface area contributed by atoms with Gasteiger partial charge in [-0.05, 0) is 30.5 Å². The summed E-state index contributed by atoms with van der Waals surface area (Å²) in [5.74, 6) is 0. The molecule has 1 saturated carbocycles. The van der Waals surface area contributed by atoms with Gasteiger partial charge in [-0.25, -0.2) is 13.1 Å². The highest BCUT2D eigenvalue weighted by Gasteiger charge is 2.37. The second-order valence-electron chi connectivity index (χ2n) is 4.42. The van der Waals surface area contributed by atoms with Crippen LogP contribution in [0.3, 0.4) is 0 Å². The van der Waals surface area contributed by atoms with Gasteiger partial charge < -0.3 is 4.74 Å². The van der Waals surface area contributed by atoms with Crippen molar-refractivity contribution in [1.82, 2.24) is 4.72 Å². The Morgan fingerprint density at radius 1 is 1.39 bits per heavy atom. The molecule has 1 aromatic rings. The summed E-state index contributed by atoms with van der Waals surface area (Å²) in [5, 5.41) is 0.393. The van der Waals surface area contributed by atoms with E-state index in [1.165, 1.54) is 0 Å². The van der Waals surface area contributed by atoms with E-state index in [9.17, 15) is 8.42 Å². The van der Waals surface area contributed by atoms with Crippen LogP contribution in [-0.4, -0.2) is 27.4 Å². The van der Waals surface area contributed by atoms with Crippen molar-refractivity contribution in [3.8, 4) is 0 Å². The Labute approximate surface area is 112 Å². The zero-order valence-electron chi connectivity index (χ0n) is 10.1. The van der Waals surface area contributed by atoms with E-state index in [2.05, 4.69) is 4.72 Å². The van der Waals surface area contributed by atoms with E-state index < -0.39 is 10.0 Å². The van der Waals surface area contributed by atoms with E-state index in [1.807, 2.05) is 0 Å². The Bertz CT molecular complexity index is 497. The monoisotopic (exact) mass is 289 g/mol. The van der Waals surface area contributed by atoms with E-state index in [0.717, 1.165) is 18.4 Å². The summed E-state index contributed by atoms with van der Waals surface area (Å²) in [6.45, 7) is 0.299. The first-order chi connectivity index (χ1) is 8.53. The predicted octanol–water partition coefficient (Wildman–Crippen LogP) is 2.11. The average molecular weight is 290 g/mol. The zero-order chi connectivity index (χ0) is 13.2. The van der Waals surface area contributed by atoms with Gasteiger partial charge in [-0.3, -0.25) is 0 Å². The molecule has 1 aliphatic rings. The van der Waals surface area contributed by atoms with Crippen molar-refractivity contribution in [1.29, 1.82) is 0 Å². The van der Waals surface area contributed by atoms with Crippen molar-refractivity contribution in [2.75, 3.05) is 13.7 Å². The van der Waals surface area contributed by atoms with E-state index in [4.69, 9.17) is 16.3 Å². The van der Waals surface area contributed by atoms with Crippen LogP contribution >= 0.6 is 11.6 Å². The minimum absolute atomic E-state index is 0.232. The average Bonchev–Trinajstić information content (AvgIpc) is 3.13. The Morgan fingerprint density at radius 3 is 2.50 bits per heavy atom. The minimum atomic E-state index is -3.23. The number of halogens is 1. The summed E-state index contributed by atoms with van der Waals surface area (Å²) in [4.78, 5) is 0. The molecule has 0 amide bonds. The van der Waals surface area contributed by atoms with Crippen LogP contribution in [0.2, 0.25) is 5.02 Å². The molecule has 1 unspecified atom stereocenters. The van der Waals surface area contributed by atoms with Gasteiger partial charge in [-0.15, -0.1) is 0 Å². The second kappa shape index (κ2) is 5.57. The molecule has 18 heavy (non-hydrogen) atoms. The van der Waals surface area contributed by atoms with Crippen molar-refractivity contribution >= 4 is 21.6 Å². The lowest BCUT2D eigenvalue weighted by molar-refractivity contribution is 0.175. The lowest BCUT2D eigenvalue weighted by atomic mass is 10.1. The number of nitrogens with one attached hydrogen (secondary N) is 1. The quantitative estimate of drug-likeness (QED) is 0.873. The van der Waals surface area contributed by atoms with E-state index in [1.54, 1.807) is 31.4 Å². The minimum Gasteiger partial charge on any atom is -0.383 e. The normalized spacial score (nSPS) is 17.7. The number of sulfonamides is 1. The molecule has 4 nitrogen and oxygen atoms in total. The number of benzene rings is 1. The third kappa shape index (κ3) is 3.45. The van der Waals surface area contributed by atoms with Crippen molar-refractivity contribution < 1.29 is 13.2 Å². The fraction of sp³-hybridized carbons (Fsp3) is 0.500. The van der Waals surface area contributed by atoms with Crippen molar-refractivity contribution in [3.63, 3.8) is 0 Å². The van der Waals surface area contributed by atoms with Gasteiger partial charge in [0.25, 0.3) is 0 Å². The first-order valence-corrected chi connectivity index (χ1v) is 7.71. The molecule has 0 heterocycles. The van der Waals surface area contributed by atoms with E-state index in [-0.39, 0.29) is 11.3 Å². The lowest BCUT2D eigenvalue weighted by Gasteiger charge is -2.18. The molecule has 100 valence electrons. The topological polar surface area (TPSA) is 55.4 Å². The molecule has 0 aliphatic heterocycles. The van der Waals surface area contributed by atoms with Crippen LogP contribution in [0.4, 0.5) is 0 Å². The highest BCUT2D eigenvalue weighted by atomic mass is 35.5. The van der Waals surface area contributed by atoms with Crippen molar-refractivity contribution in [3.05, 3.63) is 34.9 Å². The van der Waals surface area contributed by atoms with Crippen molar-refractivity contribution in [2.45, 2.75) is 24.1 Å². The maximum atomic E-state index is 11.9. The molecule has 1 atom stereocenters. The molecule has 0 radical (unpaired) electrons. The molecule has 2 rings (SSSR count). The van der Waals surface area contributed by atoms with Gasteiger partial charge in [0.05, 0.1) is 17.9 Å². The third-order valence-corrected chi connectivity index (χ3v) is 5.09. The first-order valence-electron chi connectivity index (χ1n) is 5.78. The maximum absolute atomic E-state index is 11.9. The van der Waals surface area contributed by atoms with Crippen LogP contribution in [0.25, 0.3) is 0 Å². The maximum Gasteiger partial charge on any atom is 0.215 e. The SMILES string of the molecule is COCC(NS(=O)(=O)C1CC1)c1ccc(Cl)cc1. The lowest BCUT2D eigenvalue weighted by Crippen LogP contribution is -2.33. The largest absolute Gasteiger partial charge is 0.383 e. The van der Waals surface area contributed by atoms with Gasteiger partial charge in [0, 0.05) is 12.1 Å². The second-order valence-corrected chi connectivity index (χ2v) is 6.85. The number of rotatable bonds is 6. The number of hydrogen-bond donors (Lipinski definition) is 1. The number of ether oxygens (including phenoxy) is 1. The Balaban J connectivity index is 2.15. The van der Waals surface area contributed by atoms with Crippen LogP contribution in [0.15, 0.2) is 24.3 Å². The Hall–Kier alpha value is -0.620. The van der Waals surface area contributed by atoms with Gasteiger partial charge >= 0.3 is 0 Å². The molecular formula is C12H16ClNO3S. The van der Waals surface area contributed by atoms with Gasteiger partial charge in [-0.2, -0.15) is 0 Å². The summed E-state index contributed by atoms with van der Waals surface area (Å²) < 4.78 is 31.6. The van der Waals surface area contributed by atoms with Crippen LogP contribution in [0.1, 0.15) is 24.4 Å². The fourth-order valence-corrected chi connectivity index (χ4v) is 3.41. The highest BCUT2D eigenvalue weighted by Crippen LogP contribution is 2.29. The number of hydrogen-bond acceptors (Lipinski definition) is 3. The molecule has 6 heteroatoms. The molecule has 1 fully saturated rings. The van der Waals surface area contributed by atoms with Crippen LogP contribution in [0.5, 0.6) is 0 Å². The molecule has 1 N–H and O–H groups in total. The van der Waals surface area contributed by atoms with Gasteiger partial charge in [0.2, 0.25) is 10.0 Å². The molecule has 1 aliphatic carbocycles. The smallest absolute Gasteiger partial charge is 0.215 e. The van der Waals surface area contributed by atoms with Gasteiger partial charge in [0.15, 0.2) is 0 Å². The summed E-state index contributed by atoms with van der Waals surface area (Å²) in [6, 6.07) is 6.73. The molecule has 0 spiro atoms. The molecular weight excluding hydrogens is 274 g/mol. The van der Waals surface area contributed by atoms with Crippen LogP contribution in [-0.2, 0) is 14.8 Å². The summed E-state index contributed by atoms with van der Waals surface area (Å²) in [5.41, 5.74) is 0.852.